The molecular weight excluding hydrogens is 300 g/mol. The zero-order valence-electron chi connectivity index (χ0n) is 12.8. The van der Waals surface area contributed by atoms with E-state index in [1.807, 2.05) is 0 Å². The van der Waals surface area contributed by atoms with Crippen LogP contribution < -0.4 is 4.74 Å². The third kappa shape index (κ3) is 3.50. The van der Waals surface area contributed by atoms with E-state index >= 15 is 0 Å². The van der Waals surface area contributed by atoms with Gasteiger partial charge < -0.3 is 9.64 Å². The number of rotatable bonds is 5. The number of carbonyl (C=O) groups excluding carboxylic acids is 1. The summed E-state index contributed by atoms with van der Waals surface area (Å²) in [5.74, 6) is -0.730. The van der Waals surface area contributed by atoms with Crippen LogP contribution in [0.2, 0.25) is 0 Å². The van der Waals surface area contributed by atoms with Gasteiger partial charge in [0.15, 0.2) is 0 Å². The van der Waals surface area contributed by atoms with Crippen molar-refractivity contribution in [1.82, 2.24) is 4.90 Å². The van der Waals surface area contributed by atoms with Crippen LogP contribution in [0.1, 0.15) is 28.8 Å². The van der Waals surface area contributed by atoms with E-state index in [0.717, 1.165) is 18.9 Å². The predicted molar refractivity (Wildman–Crippen MR) is 82.2 cm³/mol. The van der Waals surface area contributed by atoms with Gasteiger partial charge in [0, 0.05) is 29.8 Å². The topological polar surface area (TPSA) is 29.5 Å². The molecule has 0 unspecified atom stereocenters. The highest BCUT2D eigenvalue weighted by Crippen LogP contribution is 2.30. The van der Waals surface area contributed by atoms with Gasteiger partial charge in [0.2, 0.25) is 0 Å². The Labute approximate surface area is 133 Å². The maximum atomic E-state index is 13.9. The summed E-state index contributed by atoms with van der Waals surface area (Å²) in [6, 6.07) is 10.4. The standard InChI is InChI=1S/C18H17F2NO2/c1-23-16-8-3-12(4-9-16)18(22)21(15-6-7-15)11-13-2-5-14(19)10-17(13)20/h2-5,8-10,15H,6-7,11H2,1H3. The number of amides is 1. The summed E-state index contributed by atoms with van der Waals surface area (Å²) in [5, 5.41) is 0. The first-order valence-corrected chi connectivity index (χ1v) is 7.47. The molecule has 0 aromatic heterocycles. The number of methoxy groups -OCH3 is 1. The summed E-state index contributed by atoms with van der Waals surface area (Å²) < 4.78 is 32.0. The molecule has 0 bridgehead atoms. The number of halogens is 2. The maximum absolute atomic E-state index is 13.9. The van der Waals surface area contributed by atoms with Crippen molar-refractivity contribution in [2.75, 3.05) is 7.11 Å². The zero-order valence-corrected chi connectivity index (χ0v) is 12.8. The fourth-order valence-electron chi connectivity index (χ4n) is 2.49. The Morgan fingerprint density at radius 3 is 2.43 bits per heavy atom. The van der Waals surface area contributed by atoms with Gasteiger partial charge >= 0.3 is 0 Å². The molecule has 1 aliphatic rings. The van der Waals surface area contributed by atoms with E-state index in [1.54, 1.807) is 36.3 Å². The second kappa shape index (κ2) is 6.36. The largest absolute Gasteiger partial charge is 0.497 e. The second-order valence-corrected chi connectivity index (χ2v) is 5.63. The van der Waals surface area contributed by atoms with Crippen molar-refractivity contribution in [3.8, 4) is 5.75 Å². The van der Waals surface area contributed by atoms with Crippen molar-refractivity contribution in [3.05, 3.63) is 65.2 Å². The smallest absolute Gasteiger partial charge is 0.254 e. The van der Waals surface area contributed by atoms with E-state index in [1.165, 1.54) is 12.1 Å². The fourth-order valence-corrected chi connectivity index (χ4v) is 2.49. The molecule has 3 nitrogen and oxygen atoms in total. The monoisotopic (exact) mass is 317 g/mol. The lowest BCUT2D eigenvalue weighted by molar-refractivity contribution is 0.0728. The first-order valence-electron chi connectivity index (χ1n) is 7.47. The van der Waals surface area contributed by atoms with Crippen LogP contribution in [0.5, 0.6) is 5.75 Å². The summed E-state index contributed by atoms with van der Waals surface area (Å²) in [6.07, 6.45) is 1.81. The van der Waals surface area contributed by atoms with Crippen molar-refractivity contribution in [3.63, 3.8) is 0 Å². The molecule has 1 aliphatic carbocycles. The third-order valence-corrected chi connectivity index (χ3v) is 3.94. The minimum atomic E-state index is -0.627. The van der Waals surface area contributed by atoms with Crippen LogP contribution in [0, 0.1) is 11.6 Å². The highest BCUT2D eigenvalue weighted by molar-refractivity contribution is 5.94. The maximum Gasteiger partial charge on any atom is 0.254 e. The fraction of sp³-hybridized carbons (Fsp3) is 0.278. The zero-order chi connectivity index (χ0) is 16.4. The molecule has 0 aliphatic heterocycles. The second-order valence-electron chi connectivity index (χ2n) is 5.63. The van der Waals surface area contributed by atoms with Crippen LogP contribution in [0.25, 0.3) is 0 Å². The first kappa shape index (κ1) is 15.5. The molecule has 5 heteroatoms. The lowest BCUT2D eigenvalue weighted by atomic mass is 10.1. The minimum Gasteiger partial charge on any atom is -0.497 e. The predicted octanol–water partition coefficient (Wildman–Crippen LogP) is 3.78. The van der Waals surface area contributed by atoms with Gasteiger partial charge in [-0.2, -0.15) is 0 Å². The number of hydrogen-bond acceptors (Lipinski definition) is 2. The molecule has 23 heavy (non-hydrogen) atoms. The molecule has 0 radical (unpaired) electrons. The van der Waals surface area contributed by atoms with Crippen molar-refractivity contribution in [2.24, 2.45) is 0 Å². The molecule has 0 N–H and O–H groups in total. The number of hydrogen-bond donors (Lipinski definition) is 0. The van der Waals surface area contributed by atoms with Gasteiger partial charge in [-0.25, -0.2) is 8.78 Å². The Hall–Kier alpha value is -2.43. The molecule has 2 aromatic carbocycles. The average molecular weight is 317 g/mol. The lowest BCUT2D eigenvalue weighted by Crippen LogP contribution is -2.32. The molecule has 0 saturated heterocycles. The van der Waals surface area contributed by atoms with Crippen LogP contribution in [0.4, 0.5) is 8.78 Å². The van der Waals surface area contributed by atoms with Crippen LogP contribution in [-0.2, 0) is 6.54 Å². The van der Waals surface area contributed by atoms with E-state index in [0.29, 0.717) is 16.9 Å². The van der Waals surface area contributed by atoms with Crippen LogP contribution in [0.3, 0.4) is 0 Å². The van der Waals surface area contributed by atoms with Gasteiger partial charge in [0.25, 0.3) is 5.91 Å². The van der Waals surface area contributed by atoms with E-state index in [9.17, 15) is 13.6 Å². The molecule has 0 spiro atoms. The number of benzene rings is 2. The average Bonchev–Trinajstić information content (AvgIpc) is 3.38. The number of nitrogens with zero attached hydrogens (tertiary/aromatic N) is 1. The van der Waals surface area contributed by atoms with Gasteiger partial charge in [-0.1, -0.05) is 6.07 Å². The summed E-state index contributed by atoms with van der Waals surface area (Å²) in [4.78, 5) is 14.3. The Balaban J connectivity index is 1.81. The summed E-state index contributed by atoms with van der Waals surface area (Å²) >= 11 is 0. The molecule has 0 atom stereocenters. The highest BCUT2D eigenvalue weighted by atomic mass is 19.1. The molecule has 2 aromatic rings. The molecule has 1 fully saturated rings. The Bertz CT molecular complexity index is 711. The van der Waals surface area contributed by atoms with Crippen LogP contribution in [0.15, 0.2) is 42.5 Å². The molecule has 1 saturated carbocycles. The van der Waals surface area contributed by atoms with Crippen LogP contribution >= 0.6 is 0 Å². The molecule has 3 rings (SSSR count). The quantitative estimate of drug-likeness (QED) is 0.840. The minimum absolute atomic E-state index is 0.119. The molecule has 1 amide bonds. The third-order valence-electron chi connectivity index (χ3n) is 3.94. The van der Waals surface area contributed by atoms with Crippen molar-refractivity contribution in [1.29, 1.82) is 0 Å². The summed E-state index contributed by atoms with van der Waals surface area (Å²) in [6.45, 7) is 0.141. The highest BCUT2D eigenvalue weighted by Gasteiger charge is 2.33. The van der Waals surface area contributed by atoms with Gasteiger partial charge in [-0.3, -0.25) is 4.79 Å². The normalized spacial score (nSPS) is 13.7. The number of ether oxygens (including phenoxy) is 1. The van der Waals surface area contributed by atoms with Gasteiger partial charge in [0.1, 0.15) is 17.4 Å². The van der Waals surface area contributed by atoms with Crippen molar-refractivity contribution in [2.45, 2.75) is 25.4 Å². The Morgan fingerprint density at radius 2 is 1.87 bits per heavy atom. The Morgan fingerprint density at radius 1 is 1.17 bits per heavy atom. The van der Waals surface area contributed by atoms with Crippen molar-refractivity contribution >= 4 is 5.91 Å². The van der Waals surface area contributed by atoms with Crippen LogP contribution in [-0.4, -0.2) is 24.0 Å². The van der Waals surface area contributed by atoms with Gasteiger partial charge in [-0.15, -0.1) is 0 Å². The van der Waals surface area contributed by atoms with E-state index < -0.39 is 11.6 Å². The number of carbonyl (C=O) groups is 1. The van der Waals surface area contributed by atoms with E-state index in [2.05, 4.69) is 0 Å². The lowest BCUT2D eigenvalue weighted by Gasteiger charge is -2.23. The van der Waals surface area contributed by atoms with E-state index in [4.69, 9.17) is 4.74 Å². The SMILES string of the molecule is COc1ccc(C(=O)N(Cc2ccc(F)cc2F)C2CC2)cc1. The van der Waals surface area contributed by atoms with E-state index in [-0.39, 0.29) is 18.5 Å². The van der Waals surface area contributed by atoms with Gasteiger partial charge in [-0.05, 0) is 43.2 Å². The molecule has 0 heterocycles. The summed E-state index contributed by atoms with van der Waals surface area (Å²) in [7, 11) is 1.56. The molecule has 120 valence electrons. The van der Waals surface area contributed by atoms with Crippen molar-refractivity contribution < 1.29 is 18.3 Å². The Kier molecular flexibility index (Phi) is 4.28. The van der Waals surface area contributed by atoms with Gasteiger partial charge in [0.05, 0.1) is 7.11 Å². The summed E-state index contributed by atoms with van der Waals surface area (Å²) in [5.41, 5.74) is 0.848. The molecular formula is C18H17F2NO2. The first-order chi connectivity index (χ1) is 11.1.